The first-order valence-electron chi connectivity index (χ1n) is 6.54. The fraction of sp³-hybridized carbons (Fsp3) is 0.438. The van der Waals surface area contributed by atoms with E-state index in [1.807, 2.05) is 6.07 Å². The molecule has 3 aliphatic rings. The average molecular weight is 240 g/mol. The summed E-state index contributed by atoms with van der Waals surface area (Å²) in [6.45, 7) is 2.25. The number of allylic oxidation sites excluding steroid dienone is 1. The van der Waals surface area contributed by atoms with Crippen LogP contribution in [0.15, 0.2) is 24.3 Å². The molecule has 1 spiro atoms. The van der Waals surface area contributed by atoms with Gasteiger partial charge in [-0.1, -0.05) is 25.1 Å². The number of hydrogen-bond acceptors (Lipinski definition) is 2. The third-order valence-corrected chi connectivity index (χ3v) is 5.46. The summed E-state index contributed by atoms with van der Waals surface area (Å²) in [4.78, 5) is 12.1. The zero-order chi connectivity index (χ0) is 12.5. The Kier molecular flexibility index (Phi) is 1.65. The van der Waals surface area contributed by atoms with Crippen molar-refractivity contribution in [2.24, 2.45) is 11.3 Å². The van der Waals surface area contributed by atoms with E-state index in [1.165, 1.54) is 11.1 Å². The molecule has 0 aliphatic heterocycles. The summed E-state index contributed by atoms with van der Waals surface area (Å²) in [7, 11) is 1.69. The molecule has 0 bridgehead atoms. The van der Waals surface area contributed by atoms with Crippen molar-refractivity contribution in [1.29, 1.82) is 0 Å². The van der Waals surface area contributed by atoms with Crippen LogP contribution < -0.4 is 4.74 Å². The van der Waals surface area contributed by atoms with E-state index in [2.05, 4.69) is 31.2 Å². The Morgan fingerprint density at radius 2 is 2.22 bits per heavy atom. The van der Waals surface area contributed by atoms with Crippen molar-refractivity contribution in [1.82, 2.24) is 0 Å². The maximum absolute atomic E-state index is 12.1. The normalized spacial score (nSPS) is 39.0. The molecule has 92 valence electrons. The lowest BCUT2D eigenvalue weighted by Gasteiger charge is -2.26. The van der Waals surface area contributed by atoms with Gasteiger partial charge in [0.05, 0.1) is 7.11 Å². The first kappa shape index (κ1) is 10.4. The van der Waals surface area contributed by atoms with Crippen LogP contribution in [0.3, 0.4) is 0 Å². The molecule has 18 heavy (non-hydrogen) atoms. The Morgan fingerprint density at radius 1 is 1.39 bits per heavy atom. The van der Waals surface area contributed by atoms with Gasteiger partial charge in [-0.05, 0) is 29.7 Å². The Hall–Kier alpha value is -1.57. The van der Waals surface area contributed by atoms with E-state index in [0.717, 1.165) is 18.6 Å². The van der Waals surface area contributed by atoms with Gasteiger partial charge in [0, 0.05) is 23.2 Å². The smallest absolute Gasteiger partial charge is 0.137 e. The van der Waals surface area contributed by atoms with E-state index in [0.29, 0.717) is 5.78 Å². The van der Waals surface area contributed by atoms with Crippen molar-refractivity contribution in [3.05, 3.63) is 35.4 Å². The SMILES string of the molecule is COc1ccc2c(c1)C1(C)C3C(=O)CCC31C=C2. The summed E-state index contributed by atoms with van der Waals surface area (Å²) >= 11 is 0. The van der Waals surface area contributed by atoms with Crippen molar-refractivity contribution in [2.75, 3.05) is 7.11 Å². The molecule has 3 unspecified atom stereocenters. The monoisotopic (exact) mass is 240 g/mol. The van der Waals surface area contributed by atoms with Gasteiger partial charge in [-0.2, -0.15) is 0 Å². The quantitative estimate of drug-likeness (QED) is 0.754. The molecule has 2 saturated carbocycles. The molecule has 0 N–H and O–H groups in total. The molecular weight excluding hydrogens is 224 g/mol. The Balaban J connectivity index is 1.93. The molecule has 0 heterocycles. The first-order chi connectivity index (χ1) is 8.63. The number of hydrogen-bond donors (Lipinski definition) is 0. The van der Waals surface area contributed by atoms with Crippen LogP contribution in [0.5, 0.6) is 5.75 Å². The van der Waals surface area contributed by atoms with Crippen LogP contribution in [0.4, 0.5) is 0 Å². The van der Waals surface area contributed by atoms with Crippen LogP contribution in [0.1, 0.15) is 30.9 Å². The minimum Gasteiger partial charge on any atom is -0.497 e. The van der Waals surface area contributed by atoms with Crippen LogP contribution in [0.2, 0.25) is 0 Å². The van der Waals surface area contributed by atoms with Crippen LogP contribution in [0.25, 0.3) is 6.08 Å². The van der Waals surface area contributed by atoms with Gasteiger partial charge < -0.3 is 4.74 Å². The zero-order valence-electron chi connectivity index (χ0n) is 10.7. The Morgan fingerprint density at radius 3 is 3.00 bits per heavy atom. The number of methoxy groups -OCH3 is 1. The van der Waals surface area contributed by atoms with Gasteiger partial charge in [-0.3, -0.25) is 4.79 Å². The number of rotatable bonds is 1. The van der Waals surface area contributed by atoms with E-state index in [9.17, 15) is 4.79 Å². The molecule has 1 aromatic rings. The first-order valence-corrected chi connectivity index (χ1v) is 6.54. The maximum Gasteiger partial charge on any atom is 0.137 e. The summed E-state index contributed by atoms with van der Waals surface area (Å²) in [6, 6.07) is 6.21. The lowest BCUT2D eigenvalue weighted by atomic mass is 9.77. The highest BCUT2D eigenvalue weighted by atomic mass is 16.5. The zero-order valence-corrected chi connectivity index (χ0v) is 10.7. The number of benzene rings is 1. The highest BCUT2D eigenvalue weighted by Crippen LogP contribution is 2.78. The molecule has 2 fully saturated rings. The molecule has 0 radical (unpaired) electrons. The minimum absolute atomic E-state index is 0.0148. The summed E-state index contributed by atoms with van der Waals surface area (Å²) in [5.74, 6) is 1.53. The van der Waals surface area contributed by atoms with Crippen LogP contribution in [0, 0.1) is 11.3 Å². The van der Waals surface area contributed by atoms with Gasteiger partial charge >= 0.3 is 0 Å². The van der Waals surface area contributed by atoms with Crippen molar-refractivity contribution in [2.45, 2.75) is 25.2 Å². The molecule has 0 amide bonds. The summed E-state index contributed by atoms with van der Waals surface area (Å²) in [5.41, 5.74) is 2.67. The average Bonchev–Trinajstić information content (AvgIpc) is 2.78. The molecule has 2 nitrogen and oxygen atoms in total. The fourth-order valence-electron chi connectivity index (χ4n) is 4.46. The lowest BCUT2D eigenvalue weighted by Crippen LogP contribution is -2.20. The number of carbonyl (C=O) groups excluding carboxylic acids is 1. The molecule has 4 rings (SSSR count). The van der Waals surface area contributed by atoms with Gasteiger partial charge in [-0.15, -0.1) is 0 Å². The highest BCUT2D eigenvalue weighted by molar-refractivity contribution is 5.94. The topological polar surface area (TPSA) is 26.3 Å². The lowest BCUT2D eigenvalue weighted by molar-refractivity contribution is -0.119. The molecule has 0 aromatic heterocycles. The van der Waals surface area contributed by atoms with Crippen LogP contribution in [-0.4, -0.2) is 12.9 Å². The number of ketones is 1. The molecule has 3 atom stereocenters. The molecule has 2 heteroatoms. The molecule has 1 aromatic carbocycles. The summed E-state index contributed by atoms with van der Waals surface area (Å²) in [5, 5.41) is 0. The molecule has 0 saturated heterocycles. The second-order valence-electron chi connectivity index (χ2n) is 5.93. The predicted octanol–water partition coefficient (Wildman–Crippen LogP) is 2.96. The van der Waals surface area contributed by atoms with Crippen LogP contribution >= 0.6 is 0 Å². The third-order valence-electron chi connectivity index (χ3n) is 5.46. The van der Waals surface area contributed by atoms with Gasteiger partial charge in [0.15, 0.2) is 0 Å². The van der Waals surface area contributed by atoms with Crippen LogP contribution in [-0.2, 0) is 10.2 Å². The van der Waals surface area contributed by atoms with E-state index >= 15 is 0 Å². The van der Waals surface area contributed by atoms with Crippen molar-refractivity contribution >= 4 is 11.9 Å². The third kappa shape index (κ3) is 0.878. The number of fused-ring (bicyclic) bond motifs is 3. The fourth-order valence-corrected chi connectivity index (χ4v) is 4.46. The Bertz CT molecular complexity index is 601. The van der Waals surface area contributed by atoms with Gasteiger partial charge in [-0.25, -0.2) is 0 Å². The van der Waals surface area contributed by atoms with Crippen molar-refractivity contribution in [3.63, 3.8) is 0 Å². The summed E-state index contributed by atoms with van der Waals surface area (Å²) < 4.78 is 5.33. The maximum atomic E-state index is 12.1. The van der Waals surface area contributed by atoms with E-state index in [-0.39, 0.29) is 16.7 Å². The minimum atomic E-state index is 0.0148. The second-order valence-corrected chi connectivity index (χ2v) is 5.93. The van der Waals surface area contributed by atoms with E-state index in [4.69, 9.17) is 4.74 Å². The highest BCUT2D eigenvalue weighted by Gasteiger charge is 2.78. The molecular formula is C16H16O2. The Labute approximate surface area is 107 Å². The standard InChI is InChI=1S/C16H16O2/c1-15-12-9-11(18-2)4-3-10(12)5-7-16(15)8-6-13(17)14(15)16/h3-5,7,9,14H,6,8H2,1-2H3. The van der Waals surface area contributed by atoms with Gasteiger partial charge in [0.2, 0.25) is 0 Å². The van der Waals surface area contributed by atoms with Crippen molar-refractivity contribution < 1.29 is 9.53 Å². The number of Topliss-reactive ketones (excluding diaryl/α,β-unsaturated/α-hetero) is 1. The van der Waals surface area contributed by atoms with E-state index < -0.39 is 0 Å². The molecule has 3 aliphatic carbocycles. The summed E-state index contributed by atoms with van der Waals surface area (Å²) in [6.07, 6.45) is 6.25. The van der Waals surface area contributed by atoms with Gasteiger partial charge in [0.25, 0.3) is 0 Å². The van der Waals surface area contributed by atoms with Crippen molar-refractivity contribution in [3.8, 4) is 5.75 Å². The largest absolute Gasteiger partial charge is 0.497 e. The predicted molar refractivity (Wildman–Crippen MR) is 69.5 cm³/mol. The number of ether oxygens (including phenoxy) is 1. The second kappa shape index (κ2) is 2.87. The van der Waals surface area contributed by atoms with Gasteiger partial charge in [0.1, 0.15) is 11.5 Å². The van der Waals surface area contributed by atoms with E-state index in [1.54, 1.807) is 7.11 Å². The number of carbonyl (C=O) groups is 1.